The van der Waals surface area contributed by atoms with Gasteiger partial charge in [0.1, 0.15) is 11.8 Å². The van der Waals surface area contributed by atoms with E-state index in [1.807, 2.05) is 0 Å². The monoisotopic (exact) mass is 307 g/mol. The number of nitrogens with zero attached hydrogens (tertiary/aromatic N) is 2. The number of carbonyl (C=O) groups is 1. The third kappa shape index (κ3) is 2.22. The van der Waals surface area contributed by atoms with Gasteiger partial charge < -0.3 is 14.7 Å². The van der Waals surface area contributed by atoms with E-state index in [1.54, 1.807) is 20.8 Å². The summed E-state index contributed by atoms with van der Waals surface area (Å²) in [7, 11) is 0. The largest absolute Gasteiger partial charge is 0.372 e. The lowest BCUT2D eigenvalue weighted by molar-refractivity contribution is -0.119. The van der Waals surface area contributed by atoms with Crippen molar-refractivity contribution in [1.82, 2.24) is 5.16 Å². The fraction of sp³-hybridized carbons (Fsp3) is 0.333. The van der Waals surface area contributed by atoms with Gasteiger partial charge in [-0.25, -0.2) is 8.78 Å². The van der Waals surface area contributed by atoms with E-state index in [4.69, 9.17) is 4.52 Å². The summed E-state index contributed by atoms with van der Waals surface area (Å²) in [6, 6.07) is 1.56. The maximum Gasteiger partial charge on any atom is 0.249 e. The predicted octanol–water partition coefficient (Wildman–Crippen LogP) is 2.92. The minimum atomic E-state index is -0.994. The summed E-state index contributed by atoms with van der Waals surface area (Å²) in [6.45, 7) is 5.39. The van der Waals surface area contributed by atoms with Crippen LogP contribution in [0.2, 0.25) is 0 Å². The van der Waals surface area contributed by atoms with Crippen molar-refractivity contribution in [1.29, 1.82) is 0 Å². The highest BCUT2D eigenvalue weighted by Crippen LogP contribution is 2.35. The Kier molecular flexibility index (Phi) is 3.35. The third-order valence-corrected chi connectivity index (χ3v) is 3.84. The van der Waals surface area contributed by atoms with Crippen LogP contribution in [0.25, 0.3) is 0 Å². The summed E-state index contributed by atoms with van der Waals surface area (Å²) in [5.41, 5.74) is 2.12. The Labute approximate surface area is 125 Å². The van der Waals surface area contributed by atoms with Crippen LogP contribution in [0.15, 0.2) is 16.7 Å². The Morgan fingerprint density at radius 3 is 2.64 bits per heavy atom. The van der Waals surface area contributed by atoms with Crippen molar-refractivity contribution in [3.63, 3.8) is 0 Å². The van der Waals surface area contributed by atoms with Gasteiger partial charge in [0.15, 0.2) is 11.6 Å². The maximum absolute atomic E-state index is 13.6. The molecule has 1 atom stereocenters. The molecule has 5 nitrogen and oxygen atoms in total. The van der Waals surface area contributed by atoms with Gasteiger partial charge in [0.05, 0.1) is 23.6 Å². The molecule has 22 heavy (non-hydrogen) atoms. The van der Waals surface area contributed by atoms with E-state index in [-0.39, 0.29) is 12.5 Å². The number of halogens is 2. The summed E-state index contributed by atoms with van der Waals surface area (Å²) in [5, 5.41) is 6.73. The lowest BCUT2D eigenvalue weighted by atomic mass is 10.1. The molecule has 1 aliphatic rings. The smallest absolute Gasteiger partial charge is 0.249 e. The molecule has 0 saturated heterocycles. The van der Waals surface area contributed by atoms with E-state index in [0.717, 1.165) is 17.7 Å². The molecule has 1 unspecified atom stereocenters. The lowest BCUT2D eigenvalue weighted by Crippen LogP contribution is -2.45. The maximum atomic E-state index is 13.6. The highest BCUT2D eigenvalue weighted by Gasteiger charge is 2.32. The Hall–Kier alpha value is -2.44. The number of hydrogen-bond acceptors (Lipinski definition) is 4. The number of fused-ring (bicyclic) bond motifs is 1. The minimum Gasteiger partial charge on any atom is -0.372 e. The van der Waals surface area contributed by atoms with Gasteiger partial charge in [0.2, 0.25) is 5.91 Å². The van der Waals surface area contributed by atoms with E-state index in [9.17, 15) is 13.6 Å². The first-order chi connectivity index (χ1) is 10.4. The topological polar surface area (TPSA) is 58.4 Å². The van der Waals surface area contributed by atoms with E-state index in [1.165, 1.54) is 4.90 Å². The Morgan fingerprint density at radius 2 is 2.00 bits per heavy atom. The number of aryl methyl sites for hydroxylation is 2. The highest BCUT2D eigenvalue weighted by molar-refractivity contribution is 6.04. The summed E-state index contributed by atoms with van der Waals surface area (Å²) in [6.07, 6.45) is 0. The van der Waals surface area contributed by atoms with Crippen LogP contribution in [0.5, 0.6) is 0 Å². The van der Waals surface area contributed by atoms with Gasteiger partial charge in [-0.2, -0.15) is 0 Å². The summed E-state index contributed by atoms with van der Waals surface area (Å²) < 4.78 is 32.1. The van der Waals surface area contributed by atoms with Crippen LogP contribution in [0.3, 0.4) is 0 Å². The van der Waals surface area contributed by atoms with Crippen LogP contribution in [-0.4, -0.2) is 17.1 Å². The fourth-order valence-electron chi connectivity index (χ4n) is 2.57. The van der Waals surface area contributed by atoms with Crippen molar-refractivity contribution in [3.05, 3.63) is 40.8 Å². The standard InChI is InChI=1S/C15H15F2N3O2/c1-7-10(9(3)22-19-7)6-20-14-5-12(17)11(16)4-13(14)18-8(2)15(20)21/h4-5,8,18H,6H2,1-3H3. The van der Waals surface area contributed by atoms with Crippen molar-refractivity contribution in [3.8, 4) is 0 Å². The molecular formula is C15H15F2N3O2. The number of hydrogen-bond donors (Lipinski definition) is 1. The second kappa shape index (κ2) is 5.08. The first-order valence-electron chi connectivity index (χ1n) is 6.87. The molecule has 1 aromatic heterocycles. The molecule has 0 saturated carbocycles. The van der Waals surface area contributed by atoms with E-state index < -0.39 is 17.7 Å². The number of nitrogens with one attached hydrogen (secondary N) is 1. The predicted molar refractivity (Wildman–Crippen MR) is 76.6 cm³/mol. The Morgan fingerprint density at radius 1 is 1.32 bits per heavy atom. The van der Waals surface area contributed by atoms with Crippen LogP contribution in [0, 0.1) is 25.5 Å². The second-order valence-corrected chi connectivity index (χ2v) is 5.38. The molecule has 1 aromatic carbocycles. The van der Waals surface area contributed by atoms with E-state index in [0.29, 0.717) is 22.8 Å². The van der Waals surface area contributed by atoms with Crippen LogP contribution in [0.4, 0.5) is 20.2 Å². The molecule has 0 radical (unpaired) electrons. The normalized spacial score (nSPS) is 17.4. The van der Waals surface area contributed by atoms with E-state index >= 15 is 0 Å². The first-order valence-corrected chi connectivity index (χ1v) is 6.87. The lowest BCUT2D eigenvalue weighted by Gasteiger charge is -2.34. The average Bonchev–Trinajstić information content (AvgIpc) is 2.78. The van der Waals surface area contributed by atoms with Gasteiger partial charge in [0.25, 0.3) is 0 Å². The molecule has 3 rings (SSSR count). The summed E-state index contributed by atoms with van der Waals surface area (Å²) >= 11 is 0. The number of anilines is 2. The second-order valence-electron chi connectivity index (χ2n) is 5.38. The fourth-order valence-corrected chi connectivity index (χ4v) is 2.57. The molecule has 0 bridgehead atoms. The zero-order chi connectivity index (χ0) is 16.0. The molecular weight excluding hydrogens is 292 g/mol. The number of rotatable bonds is 2. The van der Waals surface area contributed by atoms with Crippen molar-refractivity contribution in [2.24, 2.45) is 0 Å². The molecule has 2 heterocycles. The SMILES string of the molecule is Cc1noc(C)c1CN1C(=O)C(C)Nc2cc(F)c(F)cc21. The van der Waals surface area contributed by atoms with Gasteiger partial charge in [-0.3, -0.25) is 4.79 Å². The van der Waals surface area contributed by atoms with Crippen LogP contribution in [0.1, 0.15) is 23.9 Å². The molecule has 1 N–H and O–H groups in total. The van der Waals surface area contributed by atoms with Gasteiger partial charge in [-0.05, 0) is 20.8 Å². The number of aromatic nitrogens is 1. The minimum absolute atomic E-state index is 0.199. The average molecular weight is 307 g/mol. The van der Waals surface area contributed by atoms with Crippen molar-refractivity contribution < 1.29 is 18.1 Å². The zero-order valence-electron chi connectivity index (χ0n) is 12.4. The van der Waals surface area contributed by atoms with Crippen LogP contribution < -0.4 is 10.2 Å². The van der Waals surface area contributed by atoms with Gasteiger partial charge in [-0.1, -0.05) is 5.16 Å². The van der Waals surface area contributed by atoms with Crippen molar-refractivity contribution in [2.45, 2.75) is 33.4 Å². The summed E-state index contributed by atoms with van der Waals surface area (Å²) in [4.78, 5) is 13.9. The van der Waals surface area contributed by atoms with Gasteiger partial charge in [-0.15, -0.1) is 0 Å². The van der Waals surface area contributed by atoms with Crippen LogP contribution in [-0.2, 0) is 11.3 Å². The first kappa shape index (κ1) is 14.5. The number of benzene rings is 1. The molecule has 0 aliphatic carbocycles. The molecule has 116 valence electrons. The molecule has 2 aromatic rings. The third-order valence-electron chi connectivity index (χ3n) is 3.84. The van der Waals surface area contributed by atoms with E-state index in [2.05, 4.69) is 10.5 Å². The molecule has 0 spiro atoms. The molecule has 0 fully saturated rings. The molecule has 1 aliphatic heterocycles. The zero-order valence-corrected chi connectivity index (χ0v) is 12.4. The van der Waals surface area contributed by atoms with Gasteiger partial charge in [0, 0.05) is 17.7 Å². The number of carbonyl (C=O) groups excluding carboxylic acids is 1. The highest BCUT2D eigenvalue weighted by atomic mass is 19.2. The van der Waals surface area contributed by atoms with Crippen LogP contribution >= 0.6 is 0 Å². The molecule has 7 heteroatoms. The van der Waals surface area contributed by atoms with Crippen molar-refractivity contribution in [2.75, 3.05) is 10.2 Å². The van der Waals surface area contributed by atoms with Gasteiger partial charge >= 0.3 is 0 Å². The van der Waals surface area contributed by atoms with Crippen molar-refractivity contribution >= 4 is 17.3 Å². The Balaban J connectivity index is 2.07. The number of amides is 1. The summed E-state index contributed by atoms with van der Waals surface area (Å²) in [5.74, 6) is -1.57. The Bertz CT molecular complexity index is 738. The quantitative estimate of drug-likeness (QED) is 0.927. The molecule has 1 amide bonds.